The van der Waals surface area contributed by atoms with Gasteiger partial charge in [0.05, 0.1) is 4.47 Å². The second-order valence-electron chi connectivity index (χ2n) is 4.84. The minimum absolute atomic E-state index is 0.00852. The van der Waals surface area contributed by atoms with E-state index >= 15 is 0 Å². The number of hydrogen-bond acceptors (Lipinski definition) is 1. The second kappa shape index (κ2) is 7.47. The third kappa shape index (κ3) is 4.11. The van der Waals surface area contributed by atoms with Crippen LogP contribution in [-0.2, 0) is 6.42 Å². The van der Waals surface area contributed by atoms with Gasteiger partial charge in [0.1, 0.15) is 11.6 Å². The van der Waals surface area contributed by atoms with Crippen LogP contribution in [0.15, 0.2) is 45.3 Å². The molecule has 0 amide bonds. The number of likely N-dealkylation sites (N-methyl/N-ethyl adjacent to an activating group) is 1. The van der Waals surface area contributed by atoms with E-state index in [1.165, 1.54) is 12.1 Å². The summed E-state index contributed by atoms with van der Waals surface area (Å²) in [6.07, 6.45) is 0.300. The molecule has 0 aliphatic carbocycles. The molecule has 2 aromatic carbocycles. The maximum atomic E-state index is 14.1. The van der Waals surface area contributed by atoms with Crippen LogP contribution in [0, 0.1) is 11.6 Å². The summed E-state index contributed by atoms with van der Waals surface area (Å²) >= 11 is 6.54. The standard InChI is InChI=1S/C16H15Br2F2N/c1-21-9-11(10-3-2-4-12(17)7-10)8-13-15(19)6-5-14(18)16(13)20/h2-7,11,21H,8-9H2,1H3. The van der Waals surface area contributed by atoms with E-state index < -0.39 is 11.6 Å². The van der Waals surface area contributed by atoms with Crippen LogP contribution in [0.25, 0.3) is 0 Å². The molecule has 0 aliphatic rings. The first-order valence-corrected chi connectivity index (χ1v) is 8.14. The van der Waals surface area contributed by atoms with Gasteiger partial charge in [-0.05, 0) is 59.2 Å². The van der Waals surface area contributed by atoms with E-state index in [1.807, 2.05) is 31.3 Å². The molecule has 0 saturated carbocycles. The third-order valence-corrected chi connectivity index (χ3v) is 4.47. The van der Waals surface area contributed by atoms with Crippen LogP contribution in [0.5, 0.6) is 0 Å². The zero-order valence-corrected chi connectivity index (χ0v) is 14.6. The van der Waals surface area contributed by atoms with Gasteiger partial charge in [0.15, 0.2) is 0 Å². The van der Waals surface area contributed by atoms with Crippen molar-refractivity contribution in [3.05, 3.63) is 68.1 Å². The van der Waals surface area contributed by atoms with Gasteiger partial charge in [-0.15, -0.1) is 0 Å². The Bertz CT molecular complexity index is 632. The van der Waals surface area contributed by atoms with Crippen LogP contribution >= 0.6 is 31.9 Å². The third-order valence-electron chi connectivity index (χ3n) is 3.36. The largest absolute Gasteiger partial charge is 0.319 e. The predicted octanol–water partition coefficient (Wildman–Crippen LogP) is 5.04. The van der Waals surface area contributed by atoms with Gasteiger partial charge in [-0.2, -0.15) is 0 Å². The van der Waals surface area contributed by atoms with Gasteiger partial charge in [0.25, 0.3) is 0 Å². The topological polar surface area (TPSA) is 12.0 Å². The van der Waals surface area contributed by atoms with Gasteiger partial charge >= 0.3 is 0 Å². The number of halogens is 4. The summed E-state index contributed by atoms with van der Waals surface area (Å²) in [6, 6.07) is 10.5. The van der Waals surface area contributed by atoms with Crippen LogP contribution in [-0.4, -0.2) is 13.6 Å². The van der Waals surface area contributed by atoms with Crippen molar-refractivity contribution in [2.24, 2.45) is 0 Å². The fraction of sp³-hybridized carbons (Fsp3) is 0.250. The minimum Gasteiger partial charge on any atom is -0.319 e. The summed E-state index contributed by atoms with van der Waals surface area (Å²) in [5, 5.41) is 3.09. The van der Waals surface area contributed by atoms with E-state index in [9.17, 15) is 8.78 Å². The number of nitrogens with one attached hydrogen (secondary N) is 1. The molecular weight excluding hydrogens is 404 g/mol. The lowest BCUT2D eigenvalue weighted by Crippen LogP contribution is -2.20. The SMILES string of the molecule is CNCC(Cc1c(F)ccc(Br)c1F)c1cccc(Br)c1. The van der Waals surface area contributed by atoms with Gasteiger partial charge < -0.3 is 5.32 Å². The molecule has 1 N–H and O–H groups in total. The van der Waals surface area contributed by atoms with Gasteiger partial charge in [-0.1, -0.05) is 28.1 Å². The lowest BCUT2D eigenvalue weighted by Gasteiger charge is -2.18. The quantitative estimate of drug-likeness (QED) is 0.671. The molecule has 5 heteroatoms. The first kappa shape index (κ1) is 16.6. The predicted molar refractivity (Wildman–Crippen MR) is 88.6 cm³/mol. The Morgan fingerprint density at radius 1 is 1.14 bits per heavy atom. The van der Waals surface area contributed by atoms with Crippen molar-refractivity contribution in [1.29, 1.82) is 0 Å². The fourth-order valence-corrected chi connectivity index (χ4v) is 3.11. The van der Waals surface area contributed by atoms with Crippen LogP contribution in [0.2, 0.25) is 0 Å². The molecule has 0 heterocycles. The lowest BCUT2D eigenvalue weighted by molar-refractivity contribution is 0.526. The smallest absolute Gasteiger partial charge is 0.143 e. The highest BCUT2D eigenvalue weighted by atomic mass is 79.9. The van der Waals surface area contributed by atoms with Crippen molar-refractivity contribution in [1.82, 2.24) is 5.32 Å². The number of hydrogen-bond donors (Lipinski definition) is 1. The van der Waals surface area contributed by atoms with Gasteiger partial charge in [0, 0.05) is 22.5 Å². The summed E-state index contributed by atoms with van der Waals surface area (Å²) in [4.78, 5) is 0. The summed E-state index contributed by atoms with van der Waals surface area (Å²) in [7, 11) is 1.83. The van der Waals surface area contributed by atoms with Gasteiger partial charge in [0.2, 0.25) is 0 Å². The Hall–Kier alpha value is -0.780. The first-order chi connectivity index (χ1) is 10.0. The zero-order valence-electron chi connectivity index (χ0n) is 11.5. The number of benzene rings is 2. The van der Waals surface area contributed by atoms with E-state index in [0.29, 0.717) is 13.0 Å². The maximum absolute atomic E-state index is 14.1. The molecule has 0 fully saturated rings. The molecule has 1 atom stereocenters. The molecule has 0 aliphatic heterocycles. The van der Waals surface area contributed by atoms with Crippen LogP contribution in [0.3, 0.4) is 0 Å². The average molecular weight is 419 g/mol. The summed E-state index contributed by atoms with van der Waals surface area (Å²) in [5.74, 6) is -1.04. The molecule has 1 unspecified atom stereocenters. The molecule has 0 aromatic heterocycles. The Labute approximate surface area is 140 Å². The summed E-state index contributed by atoms with van der Waals surface area (Å²) in [5.41, 5.74) is 1.15. The van der Waals surface area contributed by atoms with E-state index in [4.69, 9.17) is 0 Å². The van der Waals surface area contributed by atoms with Crippen molar-refractivity contribution in [3.63, 3.8) is 0 Å². The van der Waals surface area contributed by atoms with E-state index in [1.54, 1.807) is 0 Å². The molecule has 112 valence electrons. The lowest BCUT2D eigenvalue weighted by atomic mass is 9.91. The molecule has 2 aromatic rings. The molecular formula is C16H15Br2F2N. The molecule has 2 rings (SSSR count). The zero-order chi connectivity index (χ0) is 15.4. The molecule has 21 heavy (non-hydrogen) atoms. The first-order valence-electron chi connectivity index (χ1n) is 6.55. The minimum atomic E-state index is -0.522. The molecule has 0 radical (unpaired) electrons. The van der Waals surface area contributed by atoms with Crippen LogP contribution in [0.4, 0.5) is 8.78 Å². The monoisotopic (exact) mass is 417 g/mol. The van der Waals surface area contributed by atoms with E-state index in [2.05, 4.69) is 37.2 Å². The fourth-order valence-electron chi connectivity index (χ4n) is 2.32. The normalized spacial score (nSPS) is 12.4. The van der Waals surface area contributed by atoms with E-state index in [0.717, 1.165) is 10.0 Å². The Morgan fingerprint density at radius 3 is 2.57 bits per heavy atom. The highest BCUT2D eigenvalue weighted by Gasteiger charge is 2.19. The highest BCUT2D eigenvalue weighted by molar-refractivity contribution is 9.10. The second-order valence-corrected chi connectivity index (χ2v) is 6.61. The highest BCUT2D eigenvalue weighted by Crippen LogP contribution is 2.28. The average Bonchev–Trinajstić information content (AvgIpc) is 2.46. The Balaban J connectivity index is 2.35. The molecule has 0 spiro atoms. The van der Waals surface area contributed by atoms with Crippen molar-refractivity contribution >= 4 is 31.9 Å². The number of rotatable bonds is 5. The van der Waals surface area contributed by atoms with Crippen molar-refractivity contribution in [2.75, 3.05) is 13.6 Å². The van der Waals surface area contributed by atoms with Gasteiger partial charge in [-0.25, -0.2) is 8.78 Å². The van der Waals surface area contributed by atoms with Gasteiger partial charge in [-0.3, -0.25) is 0 Å². The molecule has 0 bridgehead atoms. The van der Waals surface area contributed by atoms with Crippen LogP contribution < -0.4 is 5.32 Å². The maximum Gasteiger partial charge on any atom is 0.143 e. The molecule has 1 nitrogen and oxygen atoms in total. The van der Waals surface area contributed by atoms with Crippen molar-refractivity contribution in [2.45, 2.75) is 12.3 Å². The summed E-state index contributed by atoms with van der Waals surface area (Å²) < 4.78 is 29.3. The summed E-state index contributed by atoms with van der Waals surface area (Å²) in [6.45, 7) is 0.641. The Morgan fingerprint density at radius 2 is 1.90 bits per heavy atom. The van der Waals surface area contributed by atoms with Crippen molar-refractivity contribution in [3.8, 4) is 0 Å². The Kier molecular flexibility index (Phi) is 5.90. The van der Waals surface area contributed by atoms with E-state index in [-0.39, 0.29) is 16.0 Å². The van der Waals surface area contributed by atoms with Crippen LogP contribution in [0.1, 0.15) is 17.0 Å². The molecule has 0 saturated heterocycles. The van der Waals surface area contributed by atoms with Crippen molar-refractivity contribution < 1.29 is 8.78 Å².